The van der Waals surface area contributed by atoms with Crippen LogP contribution < -0.4 is 10.2 Å². The highest BCUT2D eigenvalue weighted by molar-refractivity contribution is 5.95. The summed E-state index contributed by atoms with van der Waals surface area (Å²) in [4.78, 5) is 27.8. The van der Waals surface area contributed by atoms with E-state index in [1.807, 2.05) is 0 Å². The number of rotatable bonds is 5. The van der Waals surface area contributed by atoms with E-state index in [1.165, 1.54) is 36.8 Å². The number of esters is 1. The fourth-order valence-corrected chi connectivity index (χ4v) is 2.17. The predicted molar refractivity (Wildman–Crippen MR) is 97.1 cm³/mol. The molecule has 0 atom stereocenters. The molecule has 0 saturated carbocycles. The van der Waals surface area contributed by atoms with E-state index < -0.39 is 11.8 Å². The van der Waals surface area contributed by atoms with Gasteiger partial charge in [-0.05, 0) is 48.0 Å². The zero-order valence-corrected chi connectivity index (χ0v) is 14.0. The summed E-state index contributed by atoms with van der Waals surface area (Å²) < 4.78 is 18.4. The minimum absolute atomic E-state index is 0.110. The summed E-state index contributed by atoms with van der Waals surface area (Å²) in [5.41, 5.74) is 3.54. The number of carbonyl (C=O) groups is 2. The first-order valence-electron chi connectivity index (χ1n) is 7.93. The molecule has 27 heavy (non-hydrogen) atoms. The topological polar surface area (TPSA) is 80.6 Å². The van der Waals surface area contributed by atoms with Crippen molar-refractivity contribution in [2.45, 2.75) is 0 Å². The number of hydrogen-bond donors (Lipinski definition) is 1. The number of hydrazone groups is 1. The Balaban J connectivity index is 1.63. The van der Waals surface area contributed by atoms with Gasteiger partial charge in [0.2, 0.25) is 0 Å². The van der Waals surface area contributed by atoms with Gasteiger partial charge in [-0.3, -0.25) is 9.78 Å². The Bertz CT molecular complexity index is 991. The van der Waals surface area contributed by atoms with Gasteiger partial charge in [-0.2, -0.15) is 5.10 Å². The first-order valence-corrected chi connectivity index (χ1v) is 7.93. The molecule has 0 fully saturated rings. The molecule has 1 amide bonds. The molecule has 0 aliphatic rings. The largest absolute Gasteiger partial charge is 0.423 e. The van der Waals surface area contributed by atoms with Crippen LogP contribution in [-0.4, -0.2) is 23.1 Å². The monoisotopic (exact) mass is 363 g/mol. The number of nitrogens with one attached hydrogen (secondary N) is 1. The van der Waals surface area contributed by atoms with Crippen LogP contribution in [0, 0.1) is 5.82 Å². The second kappa shape index (κ2) is 8.48. The van der Waals surface area contributed by atoms with E-state index in [9.17, 15) is 14.0 Å². The normalized spacial score (nSPS) is 10.6. The number of ether oxygens (including phenoxy) is 1. The summed E-state index contributed by atoms with van der Waals surface area (Å²) in [6.07, 6.45) is 4.43. The molecule has 0 aliphatic carbocycles. The third-order valence-corrected chi connectivity index (χ3v) is 3.45. The number of benzene rings is 2. The maximum atomic E-state index is 13.2. The van der Waals surface area contributed by atoms with Crippen molar-refractivity contribution in [1.29, 1.82) is 0 Å². The van der Waals surface area contributed by atoms with Crippen molar-refractivity contribution in [2.75, 3.05) is 0 Å². The lowest BCUT2D eigenvalue weighted by Crippen LogP contribution is -2.17. The number of carbonyl (C=O) groups excluding carboxylic acids is 2. The average molecular weight is 363 g/mol. The first-order chi connectivity index (χ1) is 13.1. The van der Waals surface area contributed by atoms with E-state index in [1.54, 1.807) is 36.4 Å². The number of hydrogen-bond acceptors (Lipinski definition) is 5. The van der Waals surface area contributed by atoms with Crippen LogP contribution in [0.1, 0.15) is 26.3 Å². The van der Waals surface area contributed by atoms with Gasteiger partial charge in [0.25, 0.3) is 5.91 Å². The van der Waals surface area contributed by atoms with E-state index in [-0.39, 0.29) is 17.2 Å². The van der Waals surface area contributed by atoms with Crippen LogP contribution in [0.3, 0.4) is 0 Å². The lowest BCUT2D eigenvalue weighted by Gasteiger charge is -2.05. The number of halogens is 1. The van der Waals surface area contributed by atoms with Crippen LogP contribution in [0.2, 0.25) is 0 Å². The lowest BCUT2D eigenvalue weighted by molar-refractivity contribution is 0.0734. The van der Waals surface area contributed by atoms with Gasteiger partial charge in [0, 0.05) is 18.0 Å². The smallest absolute Gasteiger partial charge is 0.343 e. The Kier molecular flexibility index (Phi) is 5.64. The fraction of sp³-hybridized carbons (Fsp3) is 0. The van der Waals surface area contributed by atoms with E-state index in [0.29, 0.717) is 11.1 Å². The molecule has 0 bridgehead atoms. The van der Waals surface area contributed by atoms with Gasteiger partial charge >= 0.3 is 5.97 Å². The van der Waals surface area contributed by atoms with Crippen molar-refractivity contribution in [1.82, 2.24) is 10.4 Å². The molecule has 3 aromatic rings. The molecule has 0 unspecified atom stereocenters. The van der Waals surface area contributed by atoms with Gasteiger partial charge in [0.05, 0.1) is 11.8 Å². The maximum absolute atomic E-state index is 13.2. The van der Waals surface area contributed by atoms with Crippen molar-refractivity contribution < 1.29 is 18.7 Å². The summed E-state index contributed by atoms with van der Waals surface area (Å²) in [5.74, 6) is -1.29. The summed E-state index contributed by atoms with van der Waals surface area (Å²) >= 11 is 0. The molecular formula is C20H14FN3O3. The summed E-state index contributed by atoms with van der Waals surface area (Å²) in [6.45, 7) is 0. The lowest BCUT2D eigenvalue weighted by atomic mass is 10.2. The van der Waals surface area contributed by atoms with Crippen LogP contribution in [0.5, 0.6) is 5.75 Å². The zero-order chi connectivity index (χ0) is 19.1. The van der Waals surface area contributed by atoms with Crippen LogP contribution >= 0.6 is 0 Å². The number of nitrogens with zero attached hydrogens (tertiary/aromatic N) is 2. The highest BCUT2D eigenvalue weighted by atomic mass is 19.1. The standard InChI is InChI=1S/C20H14FN3O3/c21-17-5-2-4-16(12-17)20(26)27-18-6-1-3-14(11-18)13-23-24-19(25)15-7-9-22-10-8-15/h1-13H,(H,24,25)/b23-13-. The molecule has 0 aliphatic heterocycles. The Morgan fingerprint density at radius 3 is 2.56 bits per heavy atom. The van der Waals surface area contributed by atoms with Gasteiger partial charge < -0.3 is 4.74 Å². The molecule has 0 radical (unpaired) electrons. The van der Waals surface area contributed by atoms with Crippen molar-refractivity contribution in [3.05, 3.63) is 95.6 Å². The minimum atomic E-state index is -0.672. The molecular weight excluding hydrogens is 349 g/mol. The zero-order valence-electron chi connectivity index (χ0n) is 14.0. The molecule has 7 heteroatoms. The van der Waals surface area contributed by atoms with Gasteiger partial charge in [-0.15, -0.1) is 0 Å². The van der Waals surface area contributed by atoms with Crippen molar-refractivity contribution in [2.24, 2.45) is 5.10 Å². The van der Waals surface area contributed by atoms with E-state index in [2.05, 4.69) is 15.5 Å². The fourth-order valence-electron chi connectivity index (χ4n) is 2.17. The second-order valence-electron chi connectivity index (χ2n) is 5.41. The summed E-state index contributed by atoms with van der Waals surface area (Å²) in [6, 6.07) is 14.9. The third-order valence-electron chi connectivity index (χ3n) is 3.45. The highest BCUT2D eigenvalue weighted by Crippen LogP contribution is 2.15. The van der Waals surface area contributed by atoms with Crippen molar-refractivity contribution >= 4 is 18.1 Å². The van der Waals surface area contributed by atoms with Crippen LogP contribution in [0.25, 0.3) is 0 Å². The Morgan fingerprint density at radius 1 is 1.00 bits per heavy atom. The first kappa shape index (κ1) is 17.9. The molecule has 134 valence electrons. The minimum Gasteiger partial charge on any atom is -0.423 e. The molecule has 2 aromatic carbocycles. The van der Waals surface area contributed by atoms with E-state index in [4.69, 9.17) is 4.74 Å². The highest BCUT2D eigenvalue weighted by Gasteiger charge is 2.09. The summed E-state index contributed by atoms with van der Waals surface area (Å²) in [5, 5.41) is 3.87. The molecule has 1 aromatic heterocycles. The molecule has 1 N–H and O–H groups in total. The summed E-state index contributed by atoms with van der Waals surface area (Å²) in [7, 11) is 0. The van der Waals surface area contributed by atoms with Crippen LogP contribution in [0.15, 0.2) is 78.2 Å². The van der Waals surface area contributed by atoms with Crippen molar-refractivity contribution in [3.63, 3.8) is 0 Å². The van der Waals surface area contributed by atoms with E-state index in [0.717, 1.165) is 6.07 Å². The van der Waals surface area contributed by atoms with Crippen LogP contribution in [0.4, 0.5) is 4.39 Å². The molecule has 0 saturated heterocycles. The van der Waals surface area contributed by atoms with E-state index >= 15 is 0 Å². The van der Waals surface area contributed by atoms with Gasteiger partial charge in [-0.1, -0.05) is 18.2 Å². The predicted octanol–water partition coefficient (Wildman–Crippen LogP) is 3.20. The van der Waals surface area contributed by atoms with Crippen molar-refractivity contribution in [3.8, 4) is 5.75 Å². The molecule has 3 rings (SSSR count). The van der Waals surface area contributed by atoms with Gasteiger partial charge in [0.1, 0.15) is 11.6 Å². The molecule has 1 heterocycles. The van der Waals surface area contributed by atoms with Gasteiger partial charge in [-0.25, -0.2) is 14.6 Å². The Morgan fingerprint density at radius 2 is 1.78 bits per heavy atom. The van der Waals surface area contributed by atoms with Gasteiger partial charge in [0.15, 0.2) is 0 Å². The Labute approximate surface area is 154 Å². The third kappa shape index (κ3) is 5.05. The van der Waals surface area contributed by atoms with Crippen LogP contribution in [-0.2, 0) is 0 Å². The Hall–Kier alpha value is -3.87. The number of amides is 1. The average Bonchev–Trinajstić information content (AvgIpc) is 2.69. The number of pyridine rings is 1. The molecule has 0 spiro atoms. The quantitative estimate of drug-likeness (QED) is 0.327. The molecule has 6 nitrogen and oxygen atoms in total. The maximum Gasteiger partial charge on any atom is 0.343 e. The SMILES string of the molecule is O=C(N/N=C\c1cccc(OC(=O)c2cccc(F)c2)c1)c1ccncc1. The second-order valence-corrected chi connectivity index (χ2v) is 5.41. The number of aromatic nitrogens is 1.